The van der Waals surface area contributed by atoms with Crippen molar-refractivity contribution in [2.75, 3.05) is 27.2 Å². The summed E-state index contributed by atoms with van der Waals surface area (Å²) >= 11 is 3.59. The highest BCUT2D eigenvalue weighted by Gasteiger charge is 2.37. The van der Waals surface area contributed by atoms with Crippen molar-refractivity contribution in [3.8, 4) is 0 Å². The van der Waals surface area contributed by atoms with E-state index in [-0.39, 0.29) is 6.04 Å². The minimum Gasteiger partial charge on any atom is -0.326 e. The van der Waals surface area contributed by atoms with Gasteiger partial charge in [0.1, 0.15) is 0 Å². The van der Waals surface area contributed by atoms with Crippen LogP contribution in [0.5, 0.6) is 0 Å². The molecule has 2 N–H and O–H groups in total. The molecule has 118 valence electrons. The molecule has 1 aliphatic heterocycles. The monoisotopic (exact) mass is 353 g/mol. The molecule has 2 rings (SSSR count). The van der Waals surface area contributed by atoms with Crippen molar-refractivity contribution < 1.29 is 0 Å². The second-order valence-electron chi connectivity index (χ2n) is 6.53. The molecule has 0 aliphatic carbocycles. The third kappa shape index (κ3) is 3.86. The maximum Gasteiger partial charge on any atom is 0.0500 e. The molecule has 1 aliphatic rings. The molecule has 1 saturated heterocycles. The van der Waals surface area contributed by atoms with E-state index in [4.69, 9.17) is 5.73 Å². The fraction of sp³-hybridized carbons (Fsp3) is 0.647. The second kappa shape index (κ2) is 7.23. The first-order valence-corrected chi connectivity index (χ1v) is 8.64. The van der Waals surface area contributed by atoms with E-state index < -0.39 is 0 Å². The molecule has 1 heterocycles. The van der Waals surface area contributed by atoms with Crippen molar-refractivity contribution >= 4 is 15.9 Å². The Hall–Kier alpha value is -0.420. The zero-order valence-electron chi connectivity index (χ0n) is 13.6. The number of nitrogens with two attached hydrogens (primary N) is 1. The first kappa shape index (κ1) is 16.9. The molecular formula is C17H28BrN3. The zero-order chi connectivity index (χ0) is 15.6. The van der Waals surface area contributed by atoms with E-state index in [9.17, 15) is 0 Å². The predicted molar refractivity (Wildman–Crippen MR) is 93.4 cm³/mol. The van der Waals surface area contributed by atoms with Crippen molar-refractivity contribution in [3.63, 3.8) is 0 Å². The standard InChI is InChI=1S/C17H28BrN3/c1-5-15(19)17(13-7-6-8-14(18)9-13)21-10-12(2)16(11-21)20(3)4/h6-9,12,15-17H,5,10-11,19H2,1-4H3. The maximum absolute atomic E-state index is 6.48. The van der Waals surface area contributed by atoms with Crippen LogP contribution < -0.4 is 5.73 Å². The van der Waals surface area contributed by atoms with Gasteiger partial charge in [0.2, 0.25) is 0 Å². The van der Waals surface area contributed by atoms with E-state index in [0.717, 1.165) is 24.0 Å². The Kier molecular flexibility index (Phi) is 5.83. The fourth-order valence-electron chi connectivity index (χ4n) is 3.53. The van der Waals surface area contributed by atoms with Gasteiger partial charge in [-0.3, -0.25) is 4.90 Å². The van der Waals surface area contributed by atoms with Gasteiger partial charge in [-0.15, -0.1) is 0 Å². The number of likely N-dealkylation sites (tertiary alicyclic amines) is 1. The molecule has 4 unspecified atom stereocenters. The van der Waals surface area contributed by atoms with Gasteiger partial charge in [-0.25, -0.2) is 0 Å². The highest BCUT2D eigenvalue weighted by Crippen LogP contribution is 2.33. The van der Waals surface area contributed by atoms with Crippen molar-refractivity contribution in [3.05, 3.63) is 34.3 Å². The summed E-state index contributed by atoms with van der Waals surface area (Å²) in [7, 11) is 4.36. The van der Waals surface area contributed by atoms with Crippen LogP contribution in [-0.4, -0.2) is 49.1 Å². The van der Waals surface area contributed by atoms with Crippen LogP contribution in [-0.2, 0) is 0 Å². The molecule has 0 saturated carbocycles. The summed E-state index contributed by atoms with van der Waals surface area (Å²) in [6.45, 7) is 6.74. The average molecular weight is 354 g/mol. The van der Waals surface area contributed by atoms with Crippen molar-refractivity contribution in [1.29, 1.82) is 0 Å². The van der Waals surface area contributed by atoms with Gasteiger partial charge in [0.15, 0.2) is 0 Å². The lowest BCUT2D eigenvalue weighted by Crippen LogP contribution is -2.41. The normalized spacial score (nSPS) is 26.2. The van der Waals surface area contributed by atoms with E-state index in [1.54, 1.807) is 0 Å². The van der Waals surface area contributed by atoms with Crippen LogP contribution in [0.3, 0.4) is 0 Å². The molecule has 4 atom stereocenters. The van der Waals surface area contributed by atoms with Gasteiger partial charge in [-0.05, 0) is 44.1 Å². The lowest BCUT2D eigenvalue weighted by atomic mass is 9.96. The molecule has 3 nitrogen and oxygen atoms in total. The average Bonchev–Trinajstić information content (AvgIpc) is 2.81. The summed E-state index contributed by atoms with van der Waals surface area (Å²) in [6, 6.07) is 9.70. The highest BCUT2D eigenvalue weighted by molar-refractivity contribution is 9.10. The number of rotatable bonds is 5. The predicted octanol–water partition coefficient (Wildman–Crippen LogP) is 3.11. The Balaban J connectivity index is 2.26. The van der Waals surface area contributed by atoms with E-state index in [1.165, 1.54) is 5.56 Å². The topological polar surface area (TPSA) is 32.5 Å². The van der Waals surface area contributed by atoms with Gasteiger partial charge in [0.25, 0.3) is 0 Å². The van der Waals surface area contributed by atoms with E-state index in [2.05, 4.69) is 77.9 Å². The molecule has 0 aromatic heterocycles. The minimum atomic E-state index is 0.174. The number of benzene rings is 1. The van der Waals surface area contributed by atoms with Crippen molar-refractivity contribution in [1.82, 2.24) is 9.80 Å². The summed E-state index contributed by atoms with van der Waals surface area (Å²) < 4.78 is 1.13. The molecule has 1 aromatic carbocycles. The van der Waals surface area contributed by atoms with Crippen LogP contribution in [0.25, 0.3) is 0 Å². The van der Waals surface area contributed by atoms with E-state index in [1.807, 2.05) is 0 Å². The van der Waals surface area contributed by atoms with Crippen LogP contribution in [0.2, 0.25) is 0 Å². The van der Waals surface area contributed by atoms with E-state index in [0.29, 0.717) is 18.0 Å². The first-order chi connectivity index (χ1) is 9.93. The van der Waals surface area contributed by atoms with E-state index >= 15 is 0 Å². The van der Waals surface area contributed by atoms with Crippen molar-refractivity contribution in [2.45, 2.75) is 38.4 Å². The lowest BCUT2D eigenvalue weighted by molar-refractivity contribution is 0.190. The zero-order valence-corrected chi connectivity index (χ0v) is 15.2. The summed E-state index contributed by atoms with van der Waals surface area (Å²) in [5.41, 5.74) is 7.80. The first-order valence-electron chi connectivity index (χ1n) is 7.85. The molecule has 0 bridgehead atoms. The Labute approximate surface area is 137 Å². The Morgan fingerprint density at radius 1 is 1.38 bits per heavy atom. The van der Waals surface area contributed by atoms with Gasteiger partial charge in [-0.1, -0.05) is 41.9 Å². The smallest absolute Gasteiger partial charge is 0.0500 e. The lowest BCUT2D eigenvalue weighted by Gasteiger charge is -2.33. The van der Waals surface area contributed by atoms with Gasteiger partial charge >= 0.3 is 0 Å². The molecule has 21 heavy (non-hydrogen) atoms. The molecule has 0 spiro atoms. The number of likely N-dealkylation sites (N-methyl/N-ethyl adjacent to an activating group) is 1. The Morgan fingerprint density at radius 3 is 2.62 bits per heavy atom. The second-order valence-corrected chi connectivity index (χ2v) is 7.45. The number of nitrogens with zero attached hydrogens (tertiary/aromatic N) is 2. The fourth-order valence-corrected chi connectivity index (χ4v) is 3.95. The molecule has 1 fully saturated rings. The summed E-state index contributed by atoms with van der Waals surface area (Å²) in [5.74, 6) is 0.679. The summed E-state index contributed by atoms with van der Waals surface area (Å²) in [4.78, 5) is 4.92. The van der Waals surface area contributed by atoms with Gasteiger partial charge in [0.05, 0.1) is 0 Å². The van der Waals surface area contributed by atoms with Crippen LogP contribution in [0, 0.1) is 5.92 Å². The Bertz CT molecular complexity index is 463. The SMILES string of the molecule is CCC(N)C(c1cccc(Br)c1)N1CC(C)C(N(C)C)C1. The third-order valence-electron chi connectivity index (χ3n) is 4.72. The third-order valence-corrected chi connectivity index (χ3v) is 5.22. The summed E-state index contributed by atoms with van der Waals surface area (Å²) in [5, 5.41) is 0. The van der Waals surface area contributed by atoms with Gasteiger partial charge in [-0.2, -0.15) is 0 Å². The largest absolute Gasteiger partial charge is 0.326 e. The molecular weight excluding hydrogens is 326 g/mol. The number of hydrogen-bond acceptors (Lipinski definition) is 3. The molecule has 1 aromatic rings. The van der Waals surface area contributed by atoms with Crippen LogP contribution in [0.15, 0.2) is 28.7 Å². The van der Waals surface area contributed by atoms with Gasteiger partial charge < -0.3 is 10.6 Å². The van der Waals surface area contributed by atoms with Crippen LogP contribution in [0.1, 0.15) is 31.9 Å². The quantitative estimate of drug-likeness (QED) is 0.882. The highest BCUT2D eigenvalue weighted by atomic mass is 79.9. The van der Waals surface area contributed by atoms with Crippen molar-refractivity contribution in [2.24, 2.45) is 11.7 Å². The number of hydrogen-bond donors (Lipinski definition) is 1. The minimum absolute atomic E-state index is 0.174. The maximum atomic E-state index is 6.48. The van der Waals surface area contributed by atoms with Crippen LogP contribution in [0.4, 0.5) is 0 Å². The van der Waals surface area contributed by atoms with Gasteiger partial charge in [0, 0.05) is 35.7 Å². The number of halogens is 1. The summed E-state index contributed by atoms with van der Waals surface area (Å²) in [6.07, 6.45) is 0.995. The molecule has 0 radical (unpaired) electrons. The Morgan fingerprint density at radius 2 is 2.10 bits per heavy atom. The molecule has 4 heteroatoms. The van der Waals surface area contributed by atoms with Crippen LogP contribution >= 0.6 is 15.9 Å². The molecule has 0 amide bonds.